The number of likely N-dealkylation sites (N-methyl/N-ethyl adjacent to an activating group) is 1. The number of benzene rings is 1. The van der Waals surface area contributed by atoms with Crippen LogP contribution in [0.25, 0.3) is 0 Å². The Morgan fingerprint density at radius 3 is 2.86 bits per heavy atom. The molecule has 0 aromatic heterocycles. The van der Waals surface area contributed by atoms with Gasteiger partial charge in [0.2, 0.25) is 0 Å². The number of hydrogen-bond donors (Lipinski definition) is 1. The number of hydrogen-bond acceptors (Lipinski definition) is 4. The molecule has 0 radical (unpaired) electrons. The third-order valence-electron chi connectivity index (χ3n) is 4.54. The van der Waals surface area contributed by atoms with E-state index in [1.807, 2.05) is 24.3 Å². The fraction of sp³-hybridized carbons (Fsp3) is 0.647. The molecule has 116 valence electrons. The SMILES string of the molecule is CCN(CC1COc2ccccc2O1)CC1(C)CCNC1. The first-order chi connectivity index (χ1) is 10.2. The summed E-state index contributed by atoms with van der Waals surface area (Å²) in [6.45, 7) is 10.6. The molecule has 1 N–H and O–H groups in total. The maximum atomic E-state index is 6.08. The number of para-hydroxylation sites is 2. The average Bonchev–Trinajstić information content (AvgIpc) is 2.93. The van der Waals surface area contributed by atoms with E-state index in [9.17, 15) is 0 Å². The van der Waals surface area contributed by atoms with Gasteiger partial charge in [-0.1, -0.05) is 26.0 Å². The van der Waals surface area contributed by atoms with Crippen LogP contribution in [0, 0.1) is 5.41 Å². The Morgan fingerprint density at radius 1 is 1.33 bits per heavy atom. The molecule has 0 saturated carbocycles. The van der Waals surface area contributed by atoms with Crippen molar-refractivity contribution in [3.05, 3.63) is 24.3 Å². The van der Waals surface area contributed by atoms with Gasteiger partial charge in [-0.05, 0) is 37.1 Å². The van der Waals surface area contributed by atoms with Crippen molar-refractivity contribution in [1.29, 1.82) is 0 Å². The summed E-state index contributed by atoms with van der Waals surface area (Å²) < 4.78 is 11.9. The quantitative estimate of drug-likeness (QED) is 0.901. The van der Waals surface area contributed by atoms with E-state index in [-0.39, 0.29) is 6.10 Å². The van der Waals surface area contributed by atoms with E-state index >= 15 is 0 Å². The number of nitrogens with one attached hydrogen (secondary N) is 1. The van der Waals surface area contributed by atoms with Crippen LogP contribution in [-0.4, -0.2) is 50.3 Å². The molecule has 1 saturated heterocycles. The lowest BCUT2D eigenvalue weighted by Gasteiger charge is -2.35. The molecule has 1 fully saturated rings. The molecule has 4 heteroatoms. The van der Waals surface area contributed by atoms with E-state index in [0.717, 1.165) is 44.2 Å². The van der Waals surface area contributed by atoms with Crippen LogP contribution in [-0.2, 0) is 0 Å². The first-order valence-corrected chi connectivity index (χ1v) is 8.00. The zero-order chi connectivity index (χ0) is 14.7. The van der Waals surface area contributed by atoms with Gasteiger partial charge >= 0.3 is 0 Å². The minimum atomic E-state index is 0.123. The topological polar surface area (TPSA) is 33.7 Å². The van der Waals surface area contributed by atoms with Gasteiger partial charge in [0.05, 0.1) is 0 Å². The zero-order valence-corrected chi connectivity index (χ0v) is 13.1. The average molecular weight is 290 g/mol. The van der Waals surface area contributed by atoms with Crippen LogP contribution in [0.15, 0.2) is 24.3 Å². The molecule has 1 aromatic rings. The van der Waals surface area contributed by atoms with Gasteiger partial charge in [0.15, 0.2) is 11.5 Å². The summed E-state index contributed by atoms with van der Waals surface area (Å²) in [5, 5.41) is 3.48. The van der Waals surface area contributed by atoms with Crippen LogP contribution in [0.5, 0.6) is 11.5 Å². The molecule has 2 unspecified atom stereocenters. The minimum Gasteiger partial charge on any atom is -0.486 e. The number of fused-ring (bicyclic) bond motifs is 1. The first kappa shape index (κ1) is 14.7. The van der Waals surface area contributed by atoms with Gasteiger partial charge in [-0.25, -0.2) is 0 Å². The van der Waals surface area contributed by atoms with Crippen molar-refractivity contribution < 1.29 is 9.47 Å². The summed E-state index contributed by atoms with van der Waals surface area (Å²) in [4.78, 5) is 2.50. The van der Waals surface area contributed by atoms with Crippen molar-refractivity contribution in [1.82, 2.24) is 10.2 Å². The van der Waals surface area contributed by atoms with Crippen molar-refractivity contribution in [3.8, 4) is 11.5 Å². The maximum absolute atomic E-state index is 6.08. The fourth-order valence-corrected chi connectivity index (χ4v) is 3.29. The summed E-state index contributed by atoms with van der Waals surface area (Å²) in [5.74, 6) is 1.74. The zero-order valence-electron chi connectivity index (χ0n) is 13.1. The number of rotatable bonds is 5. The van der Waals surface area contributed by atoms with Gasteiger partial charge in [-0.3, -0.25) is 4.90 Å². The lowest BCUT2D eigenvalue weighted by Crippen LogP contribution is -2.45. The molecule has 3 rings (SSSR count). The minimum absolute atomic E-state index is 0.123. The van der Waals surface area contributed by atoms with E-state index in [4.69, 9.17) is 9.47 Å². The van der Waals surface area contributed by atoms with Gasteiger partial charge in [-0.15, -0.1) is 0 Å². The highest BCUT2D eigenvalue weighted by Crippen LogP contribution is 2.31. The van der Waals surface area contributed by atoms with E-state index in [2.05, 4.69) is 24.1 Å². The van der Waals surface area contributed by atoms with Crippen molar-refractivity contribution >= 4 is 0 Å². The van der Waals surface area contributed by atoms with E-state index in [1.165, 1.54) is 6.42 Å². The maximum Gasteiger partial charge on any atom is 0.161 e. The monoisotopic (exact) mass is 290 g/mol. The summed E-state index contributed by atoms with van der Waals surface area (Å²) in [7, 11) is 0. The largest absolute Gasteiger partial charge is 0.486 e. The normalized spacial score (nSPS) is 28.0. The van der Waals surface area contributed by atoms with Gasteiger partial charge < -0.3 is 14.8 Å². The van der Waals surface area contributed by atoms with E-state index in [1.54, 1.807) is 0 Å². The number of ether oxygens (including phenoxy) is 2. The molecule has 0 spiro atoms. The van der Waals surface area contributed by atoms with Crippen LogP contribution in [0.2, 0.25) is 0 Å². The van der Waals surface area contributed by atoms with Crippen LogP contribution in [0.4, 0.5) is 0 Å². The lowest BCUT2D eigenvalue weighted by molar-refractivity contribution is 0.0491. The Bertz CT molecular complexity index is 472. The second-order valence-corrected chi connectivity index (χ2v) is 6.56. The van der Waals surface area contributed by atoms with Gasteiger partial charge in [0.1, 0.15) is 12.7 Å². The van der Waals surface area contributed by atoms with Gasteiger partial charge in [-0.2, -0.15) is 0 Å². The Labute approximate surface area is 127 Å². The van der Waals surface area contributed by atoms with E-state index in [0.29, 0.717) is 12.0 Å². The summed E-state index contributed by atoms with van der Waals surface area (Å²) >= 11 is 0. The Morgan fingerprint density at radius 2 is 2.14 bits per heavy atom. The van der Waals surface area contributed by atoms with Crippen LogP contribution >= 0.6 is 0 Å². The predicted molar refractivity (Wildman–Crippen MR) is 84.1 cm³/mol. The number of nitrogens with zero attached hydrogens (tertiary/aromatic N) is 1. The second-order valence-electron chi connectivity index (χ2n) is 6.56. The first-order valence-electron chi connectivity index (χ1n) is 8.00. The molecule has 4 nitrogen and oxygen atoms in total. The summed E-state index contributed by atoms with van der Waals surface area (Å²) in [6, 6.07) is 7.93. The highest BCUT2D eigenvalue weighted by Gasteiger charge is 2.32. The van der Waals surface area contributed by atoms with Crippen molar-refractivity contribution in [2.75, 3.05) is 39.3 Å². The van der Waals surface area contributed by atoms with E-state index < -0.39 is 0 Å². The molecule has 2 aliphatic rings. The molecule has 2 aliphatic heterocycles. The molecule has 1 aromatic carbocycles. The molecule has 0 aliphatic carbocycles. The fourth-order valence-electron chi connectivity index (χ4n) is 3.29. The lowest BCUT2D eigenvalue weighted by atomic mass is 9.89. The third kappa shape index (κ3) is 3.50. The molecule has 2 atom stereocenters. The van der Waals surface area contributed by atoms with Crippen molar-refractivity contribution in [2.24, 2.45) is 5.41 Å². The highest BCUT2D eigenvalue weighted by atomic mass is 16.6. The van der Waals surface area contributed by atoms with Gasteiger partial charge in [0, 0.05) is 19.6 Å². The van der Waals surface area contributed by atoms with Gasteiger partial charge in [0.25, 0.3) is 0 Å². The summed E-state index contributed by atoms with van der Waals surface area (Å²) in [6.07, 6.45) is 1.38. The molecule has 0 bridgehead atoms. The highest BCUT2D eigenvalue weighted by molar-refractivity contribution is 5.40. The summed E-state index contributed by atoms with van der Waals surface area (Å²) in [5.41, 5.74) is 0.392. The second kappa shape index (κ2) is 6.24. The smallest absolute Gasteiger partial charge is 0.161 e. The standard InChI is InChI=1S/C17H26N2O2/c1-3-19(13-17(2)8-9-18-12-17)10-14-11-20-15-6-4-5-7-16(15)21-14/h4-7,14,18H,3,8-13H2,1-2H3. The predicted octanol–water partition coefficient (Wildman–Crippen LogP) is 2.15. The molecular formula is C17H26N2O2. The van der Waals surface area contributed by atoms with Crippen LogP contribution in [0.3, 0.4) is 0 Å². The Kier molecular flexibility index (Phi) is 4.36. The molecule has 21 heavy (non-hydrogen) atoms. The van der Waals surface area contributed by atoms with Crippen LogP contribution < -0.4 is 14.8 Å². The third-order valence-corrected chi connectivity index (χ3v) is 4.54. The van der Waals surface area contributed by atoms with Crippen molar-refractivity contribution in [2.45, 2.75) is 26.4 Å². The van der Waals surface area contributed by atoms with Crippen LogP contribution in [0.1, 0.15) is 20.3 Å². The molecule has 2 heterocycles. The Hall–Kier alpha value is -1.26. The molecule has 0 amide bonds. The van der Waals surface area contributed by atoms with Crippen molar-refractivity contribution in [3.63, 3.8) is 0 Å². The Balaban J connectivity index is 1.58. The molecular weight excluding hydrogens is 264 g/mol.